The Hall–Kier alpha value is -2.96. The van der Waals surface area contributed by atoms with Gasteiger partial charge in [0.25, 0.3) is 0 Å². The van der Waals surface area contributed by atoms with Crippen molar-refractivity contribution in [2.24, 2.45) is 0 Å². The largest absolute Gasteiger partial charge is 0.492 e. The molecule has 2 aliphatic rings. The molecule has 0 radical (unpaired) electrons. The summed E-state index contributed by atoms with van der Waals surface area (Å²) in [5.41, 5.74) is 2.04. The van der Waals surface area contributed by atoms with Gasteiger partial charge < -0.3 is 24.6 Å². The fourth-order valence-electron chi connectivity index (χ4n) is 3.12. The number of nitrogens with one attached hydrogen (secondary N) is 1. The lowest BCUT2D eigenvalue weighted by Gasteiger charge is -2.27. The number of aliphatic carboxylic acids is 1. The van der Waals surface area contributed by atoms with Crippen molar-refractivity contribution < 1.29 is 37.3 Å². The van der Waals surface area contributed by atoms with Gasteiger partial charge in [-0.05, 0) is 30.7 Å². The summed E-state index contributed by atoms with van der Waals surface area (Å²) in [6.07, 6.45) is -3.14. The van der Waals surface area contributed by atoms with Crippen molar-refractivity contribution in [1.29, 1.82) is 0 Å². The smallest absolute Gasteiger partial charge is 0.490 e. The van der Waals surface area contributed by atoms with E-state index in [2.05, 4.69) is 26.3 Å². The number of morpholine rings is 1. The van der Waals surface area contributed by atoms with Crippen molar-refractivity contribution in [2.45, 2.75) is 19.2 Å². The molecular weight excluding hydrogens is 457 g/mol. The van der Waals surface area contributed by atoms with E-state index in [-0.39, 0.29) is 6.10 Å². The number of carbonyl (C=O) groups is 1. The lowest BCUT2D eigenvalue weighted by atomic mass is 10.1. The Morgan fingerprint density at radius 3 is 2.56 bits per heavy atom. The summed E-state index contributed by atoms with van der Waals surface area (Å²) in [5.74, 6) is -0.565. The predicted molar refractivity (Wildman–Crippen MR) is 116 cm³/mol. The first-order valence-corrected chi connectivity index (χ1v) is 10.8. The second kappa shape index (κ2) is 12.0. The van der Waals surface area contributed by atoms with Crippen LogP contribution < -0.4 is 14.8 Å². The third-order valence-electron chi connectivity index (χ3n) is 5.11. The molecule has 2 fully saturated rings. The van der Waals surface area contributed by atoms with Crippen LogP contribution in [-0.2, 0) is 9.53 Å². The van der Waals surface area contributed by atoms with Crippen molar-refractivity contribution in [3.63, 3.8) is 0 Å². The summed E-state index contributed by atoms with van der Waals surface area (Å²) in [6.45, 7) is 8.97. The summed E-state index contributed by atoms with van der Waals surface area (Å²) in [4.78, 5) is 20.2. The fraction of sp³-hybridized carbons (Fsp3) is 0.500. The molecule has 34 heavy (non-hydrogen) atoms. The number of benzene rings is 1. The highest BCUT2D eigenvalue weighted by atomic mass is 19.4. The van der Waals surface area contributed by atoms with Gasteiger partial charge in [0.15, 0.2) is 5.82 Å². The molecule has 2 aliphatic heterocycles. The third-order valence-corrected chi connectivity index (χ3v) is 5.11. The molecule has 9 nitrogen and oxygen atoms in total. The lowest BCUT2D eigenvalue weighted by molar-refractivity contribution is -0.192. The van der Waals surface area contributed by atoms with E-state index in [9.17, 15) is 13.2 Å². The van der Waals surface area contributed by atoms with E-state index >= 15 is 0 Å². The SMILES string of the molecule is Cc1cc(-c2nccc(OC3CNC3)n2)ccc1OCCN1CCOCC1.O=C(O)C(F)(F)F. The first-order valence-electron chi connectivity index (χ1n) is 10.8. The number of aromatic nitrogens is 2. The summed E-state index contributed by atoms with van der Waals surface area (Å²) in [7, 11) is 0. The monoisotopic (exact) mass is 484 g/mol. The van der Waals surface area contributed by atoms with Gasteiger partial charge in [-0.2, -0.15) is 18.2 Å². The second-order valence-corrected chi connectivity index (χ2v) is 7.70. The van der Waals surface area contributed by atoms with Crippen LogP contribution >= 0.6 is 0 Å². The average molecular weight is 484 g/mol. The Morgan fingerprint density at radius 1 is 1.26 bits per heavy atom. The molecule has 1 aromatic heterocycles. The number of rotatable bonds is 7. The molecule has 0 aliphatic carbocycles. The highest BCUT2D eigenvalue weighted by Gasteiger charge is 2.38. The van der Waals surface area contributed by atoms with Crippen LogP contribution in [0.5, 0.6) is 11.6 Å². The zero-order chi connectivity index (χ0) is 24.6. The Kier molecular flexibility index (Phi) is 9.02. The van der Waals surface area contributed by atoms with Gasteiger partial charge >= 0.3 is 12.1 Å². The van der Waals surface area contributed by atoms with Crippen molar-refractivity contribution in [1.82, 2.24) is 20.2 Å². The van der Waals surface area contributed by atoms with Crippen LogP contribution in [0.2, 0.25) is 0 Å². The number of carboxylic acid groups (broad SMARTS) is 1. The van der Waals surface area contributed by atoms with Crippen molar-refractivity contribution in [3.05, 3.63) is 36.0 Å². The van der Waals surface area contributed by atoms with Crippen LogP contribution in [0.1, 0.15) is 5.56 Å². The van der Waals surface area contributed by atoms with Gasteiger partial charge in [-0.15, -0.1) is 0 Å². The number of ether oxygens (including phenoxy) is 3. The van der Waals surface area contributed by atoms with E-state index in [4.69, 9.17) is 24.1 Å². The van der Waals surface area contributed by atoms with Crippen molar-refractivity contribution in [2.75, 3.05) is 52.5 Å². The van der Waals surface area contributed by atoms with E-state index in [0.717, 1.165) is 62.8 Å². The van der Waals surface area contributed by atoms with Crippen LogP contribution in [0, 0.1) is 6.92 Å². The number of halogens is 3. The lowest BCUT2D eigenvalue weighted by Crippen LogP contribution is -2.50. The number of hydrogen-bond donors (Lipinski definition) is 2. The number of alkyl halides is 3. The zero-order valence-electron chi connectivity index (χ0n) is 18.7. The van der Waals surface area contributed by atoms with Gasteiger partial charge in [0.05, 0.1) is 13.2 Å². The van der Waals surface area contributed by atoms with Crippen molar-refractivity contribution >= 4 is 5.97 Å². The van der Waals surface area contributed by atoms with E-state index in [1.165, 1.54) is 0 Å². The van der Waals surface area contributed by atoms with Crippen LogP contribution in [0.3, 0.4) is 0 Å². The summed E-state index contributed by atoms with van der Waals surface area (Å²) < 4.78 is 48.9. The van der Waals surface area contributed by atoms with Gasteiger partial charge in [0.2, 0.25) is 5.88 Å². The molecule has 1 aromatic carbocycles. The first kappa shape index (κ1) is 25.7. The highest BCUT2D eigenvalue weighted by Crippen LogP contribution is 2.25. The predicted octanol–water partition coefficient (Wildman–Crippen LogP) is 2.15. The van der Waals surface area contributed by atoms with Crippen LogP contribution in [0.4, 0.5) is 13.2 Å². The van der Waals surface area contributed by atoms with E-state index in [1.54, 1.807) is 12.3 Å². The summed E-state index contributed by atoms with van der Waals surface area (Å²) in [5, 5.41) is 10.3. The molecule has 3 heterocycles. The molecule has 0 amide bonds. The molecule has 0 saturated carbocycles. The van der Waals surface area contributed by atoms with E-state index < -0.39 is 12.1 Å². The molecule has 12 heteroatoms. The third kappa shape index (κ3) is 7.82. The molecule has 186 valence electrons. The molecule has 4 rings (SSSR count). The Bertz CT molecular complexity index is 950. The standard InChI is InChI=1S/C20H26N4O3.C2HF3O2/c1-15-12-16(20-22-5-4-19(23-20)27-17-13-21-14-17)2-3-18(15)26-11-8-24-6-9-25-10-7-24;3-2(4,5)1(6)7/h2-5,12,17,21H,6-11,13-14H2,1H3;(H,6,7). The fourth-order valence-corrected chi connectivity index (χ4v) is 3.12. The highest BCUT2D eigenvalue weighted by molar-refractivity contribution is 5.73. The Morgan fingerprint density at radius 2 is 1.97 bits per heavy atom. The molecule has 2 N–H and O–H groups in total. The van der Waals surface area contributed by atoms with Gasteiger partial charge in [0.1, 0.15) is 18.5 Å². The molecular formula is C22H27F3N4O5. The molecule has 0 unspecified atom stereocenters. The minimum absolute atomic E-state index is 0.205. The second-order valence-electron chi connectivity index (χ2n) is 7.70. The van der Waals surface area contributed by atoms with Gasteiger partial charge in [-0.25, -0.2) is 9.78 Å². The van der Waals surface area contributed by atoms with E-state index in [1.807, 2.05) is 19.1 Å². The minimum Gasteiger partial charge on any atom is -0.492 e. The number of nitrogens with zero attached hydrogens (tertiary/aromatic N) is 3. The summed E-state index contributed by atoms with van der Waals surface area (Å²) in [6, 6.07) is 7.86. The van der Waals surface area contributed by atoms with E-state index in [0.29, 0.717) is 18.3 Å². The maximum absolute atomic E-state index is 10.6. The quantitative estimate of drug-likeness (QED) is 0.612. The van der Waals surface area contributed by atoms with Crippen LogP contribution in [0.25, 0.3) is 11.4 Å². The van der Waals surface area contributed by atoms with Gasteiger partial charge in [-0.3, -0.25) is 4.90 Å². The number of carboxylic acids is 1. The number of hydrogen-bond acceptors (Lipinski definition) is 8. The first-order chi connectivity index (χ1) is 16.2. The summed E-state index contributed by atoms with van der Waals surface area (Å²) >= 11 is 0. The molecule has 0 spiro atoms. The Labute approximate surface area is 194 Å². The van der Waals surface area contributed by atoms with Crippen molar-refractivity contribution in [3.8, 4) is 23.0 Å². The molecule has 2 saturated heterocycles. The Balaban J connectivity index is 0.000000406. The number of aryl methyl sites for hydroxylation is 1. The zero-order valence-corrected chi connectivity index (χ0v) is 18.7. The van der Waals surface area contributed by atoms with Crippen LogP contribution in [-0.4, -0.2) is 90.8 Å². The maximum atomic E-state index is 10.6. The molecule has 0 atom stereocenters. The molecule has 0 bridgehead atoms. The normalized spacial score (nSPS) is 16.7. The maximum Gasteiger partial charge on any atom is 0.490 e. The van der Waals surface area contributed by atoms with Crippen LogP contribution in [0.15, 0.2) is 30.5 Å². The topological polar surface area (TPSA) is 106 Å². The van der Waals surface area contributed by atoms with Gasteiger partial charge in [0, 0.05) is 50.6 Å². The van der Waals surface area contributed by atoms with Gasteiger partial charge in [-0.1, -0.05) is 0 Å². The minimum atomic E-state index is -5.08. The molecule has 2 aromatic rings. The average Bonchev–Trinajstić information content (AvgIpc) is 2.78.